The highest BCUT2D eigenvalue weighted by atomic mass is 35.5. The second-order valence-corrected chi connectivity index (χ2v) is 5.79. The van der Waals surface area contributed by atoms with Gasteiger partial charge in [0.2, 0.25) is 0 Å². The lowest BCUT2D eigenvalue weighted by molar-refractivity contribution is 0.287. The molecule has 0 aromatic heterocycles. The number of methoxy groups -OCH3 is 1. The third-order valence-electron chi connectivity index (χ3n) is 3.03. The van der Waals surface area contributed by atoms with E-state index in [0.717, 1.165) is 11.4 Å². The molecule has 0 heterocycles. The van der Waals surface area contributed by atoms with E-state index in [4.69, 9.17) is 33.3 Å². The Morgan fingerprint density at radius 2 is 1.96 bits per heavy atom. The van der Waals surface area contributed by atoms with E-state index in [2.05, 4.69) is 10.6 Å². The molecular weight excluding hydrogens is 332 g/mol. The molecule has 23 heavy (non-hydrogen) atoms. The molecule has 2 aromatic carbocycles. The topological polar surface area (TPSA) is 42.5 Å². The highest BCUT2D eigenvalue weighted by Gasteiger charge is 2.07. The summed E-state index contributed by atoms with van der Waals surface area (Å²) >= 11 is 11.4. The average Bonchev–Trinajstić information content (AvgIpc) is 2.54. The predicted molar refractivity (Wildman–Crippen MR) is 98.8 cm³/mol. The van der Waals surface area contributed by atoms with Crippen molar-refractivity contribution in [2.45, 2.75) is 13.0 Å². The van der Waals surface area contributed by atoms with E-state index in [0.29, 0.717) is 22.5 Å². The molecule has 0 bridgehead atoms. The van der Waals surface area contributed by atoms with Crippen LogP contribution in [0.5, 0.6) is 11.5 Å². The van der Waals surface area contributed by atoms with E-state index in [-0.39, 0.29) is 6.04 Å². The van der Waals surface area contributed by atoms with Crippen molar-refractivity contribution in [2.24, 2.45) is 0 Å². The first-order valence-corrected chi connectivity index (χ1v) is 7.96. The second kappa shape index (κ2) is 8.60. The Morgan fingerprint density at radius 3 is 2.61 bits per heavy atom. The molecule has 0 spiro atoms. The number of para-hydroxylation sites is 1. The molecule has 0 fully saturated rings. The second-order valence-electron chi connectivity index (χ2n) is 4.97. The molecule has 0 saturated carbocycles. The van der Waals surface area contributed by atoms with E-state index >= 15 is 0 Å². The van der Waals surface area contributed by atoms with Gasteiger partial charge in [0.15, 0.2) is 5.11 Å². The highest BCUT2D eigenvalue weighted by molar-refractivity contribution is 7.80. The van der Waals surface area contributed by atoms with Crippen LogP contribution in [0.4, 0.5) is 5.69 Å². The van der Waals surface area contributed by atoms with Crippen LogP contribution in [0.3, 0.4) is 0 Å². The molecule has 0 aliphatic carbocycles. The van der Waals surface area contributed by atoms with Crippen molar-refractivity contribution in [3.63, 3.8) is 0 Å². The summed E-state index contributed by atoms with van der Waals surface area (Å²) < 4.78 is 10.8. The van der Waals surface area contributed by atoms with Gasteiger partial charge in [-0.15, -0.1) is 0 Å². The van der Waals surface area contributed by atoms with Crippen LogP contribution in [-0.4, -0.2) is 24.9 Å². The number of halogens is 1. The lowest BCUT2D eigenvalue weighted by Gasteiger charge is -2.18. The third kappa shape index (κ3) is 5.62. The third-order valence-corrected chi connectivity index (χ3v) is 3.55. The number of hydrogen-bond acceptors (Lipinski definition) is 3. The maximum atomic E-state index is 6.09. The fraction of sp³-hybridized carbons (Fsp3) is 0.235. The molecular formula is C17H19ClN2O2S. The molecule has 6 heteroatoms. The van der Waals surface area contributed by atoms with Gasteiger partial charge in [0.05, 0.1) is 18.2 Å². The molecule has 2 aromatic rings. The minimum Gasteiger partial charge on any atom is -0.495 e. The summed E-state index contributed by atoms with van der Waals surface area (Å²) in [5.74, 6) is 1.46. The summed E-state index contributed by atoms with van der Waals surface area (Å²) in [6.45, 7) is 2.51. The van der Waals surface area contributed by atoms with Crippen LogP contribution in [0.15, 0.2) is 48.5 Å². The van der Waals surface area contributed by atoms with Gasteiger partial charge in [-0.25, -0.2) is 0 Å². The predicted octanol–water partition coefficient (Wildman–Crippen LogP) is 4.10. The summed E-state index contributed by atoms with van der Waals surface area (Å²) in [6, 6.07) is 15.1. The van der Waals surface area contributed by atoms with Gasteiger partial charge in [0.1, 0.15) is 18.1 Å². The maximum Gasteiger partial charge on any atom is 0.171 e. The number of ether oxygens (including phenoxy) is 2. The smallest absolute Gasteiger partial charge is 0.171 e. The number of nitrogens with one attached hydrogen (secondary N) is 2. The van der Waals surface area contributed by atoms with Gasteiger partial charge in [0.25, 0.3) is 0 Å². The standard InChI is InChI=1S/C17H19ClN2O2S/c1-12(11-22-14-6-4-3-5-7-14)19-17(23)20-13-8-9-16(21-2)15(18)10-13/h3-10,12H,11H2,1-2H3,(H2,19,20,23)/t12-/m1/s1. The molecule has 122 valence electrons. The zero-order chi connectivity index (χ0) is 16.7. The maximum absolute atomic E-state index is 6.09. The van der Waals surface area contributed by atoms with Gasteiger partial charge < -0.3 is 20.1 Å². The van der Waals surface area contributed by atoms with Crippen molar-refractivity contribution in [1.82, 2.24) is 5.32 Å². The fourth-order valence-electron chi connectivity index (χ4n) is 1.91. The van der Waals surface area contributed by atoms with Crippen molar-refractivity contribution in [3.8, 4) is 11.5 Å². The van der Waals surface area contributed by atoms with Gasteiger partial charge in [-0.2, -0.15) is 0 Å². The van der Waals surface area contributed by atoms with Crippen molar-refractivity contribution < 1.29 is 9.47 Å². The van der Waals surface area contributed by atoms with E-state index in [1.54, 1.807) is 19.2 Å². The number of anilines is 1. The summed E-state index contributed by atoms with van der Waals surface area (Å²) in [5, 5.41) is 7.29. The van der Waals surface area contributed by atoms with E-state index in [9.17, 15) is 0 Å². The van der Waals surface area contributed by atoms with Crippen LogP contribution in [0.25, 0.3) is 0 Å². The normalized spacial score (nSPS) is 11.4. The lowest BCUT2D eigenvalue weighted by atomic mass is 10.3. The molecule has 0 unspecified atom stereocenters. The van der Waals surface area contributed by atoms with Crippen molar-refractivity contribution in [2.75, 3.05) is 19.0 Å². The Morgan fingerprint density at radius 1 is 1.22 bits per heavy atom. The minimum absolute atomic E-state index is 0.0592. The highest BCUT2D eigenvalue weighted by Crippen LogP contribution is 2.27. The minimum atomic E-state index is 0.0592. The Balaban J connectivity index is 1.80. The zero-order valence-corrected chi connectivity index (χ0v) is 14.6. The Kier molecular flexibility index (Phi) is 6.50. The van der Waals surface area contributed by atoms with Gasteiger partial charge >= 0.3 is 0 Å². The molecule has 1 atom stereocenters. The molecule has 2 rings (SSSR count). The molecule has 2 N–H and O–H groups in total. The van der Waals surface area contributed by atoms with Crippen molar-refractivity contribution >= 4 is 34.6 Å². The monoisotopic (exact) mass is 350 g/mol. The van der Waals surface area contributed by atoms with Crippen molar-refractivity contribution in [1.29, 1.82) is 0 Å². The Bertz CT molecular complexity index is 652. The molecule has 0 saturated heterocycles. The summed E-state index contributed by atoms with van der Waals surface area (Å²) in [7, 11) is 1.58. The van der Waals surface area contributed by atoms with Crippen LogP contribution in [-0.2, 0) is 0 Å². The largest absolute Gasteiger partial charge is 0.495 e. The number of benzene rings is 2. The molecule has 0 amide bonds. The first kappa shape index (κ1) is 17.4. The first-order valence-electron chi connectivity index (χ1n) is 7.17. The SMILES string of the molecule is COc1ccc(NC(=S)N[C@H](C)COc2ccccc2)cc1Cl. The summed E-state index contributed by atoms with van der Waals surface area (Å²) in [4.78, 5) is 0. The molecule has 0 radical (unpaired) electrons. The number of hydrogen-bond donors (Lipinski definition) is 2. The van der Waals surface area contributed by atoms with Crippen LogP contribution >= 0.6 is 23.8 Å². The Hall–Kier alpha value is -1.98. The first-order chi connectivity index (χ1) is 11.1. The van der Waals surface area contributed by atoms with E-state index < -0.39 is 0 Å². The summed E-state index contributed by atoms with van der Waals surface area (Å²) in [5.41, 5.74) is 0.796. The van der Waals surface area contributed by atoms with Crippen molar-refractivity contribution in [3.05, 3.63) is 53.6 Å². The van der Waals surface area contributed by atoms with Crippen LogP contribution in [0.2, 0.25) is 5.02 Å². The fourth-order valence-corrected chi connectivity index (χ4v) is 2.49. The van der Waals surface area contributed by atoms with Gasteiger partial charge in [0, 0.05) is 5.69 Å². The van der Waals surface area contributed by atoms with E-state index in [1.165, 1.54) is 0 Å². The number of thiocarbonyl (C=S) groups is 1. The molecule has 0 aliphatic heterocycles. The zero-order valence-electron chi connectivity index (χ0n) is 13.0. The van der Waals surface area contributed by atoms with Crippen LogP contribution in [0.1, 0.15) is 6.92 Å². The Labute approximate surface area is 146 Å². The number of rotatable bonds is 6. The molecule has 0 aliphatic rings. The van der Waals surface area contributed by atoms with Gasteiger partial charge in [-0.05, 0) is 49.5 Å². The molecule has 4 nitrogen and oxygen atoms in total. The summed E-state index contributed by atoms with van der Waals surface area (Å²) in [6.07, 6.45) is 0. The quantitative estimate of drug-likeness (QED) is 0.768. The van der Waals surface area contributed by atoms with Gasteiger partial charge in [-0.1, -0.05) is 29.8 Å². The van der Waals surface area contributed by atoms with Crippen LogP contribution in [0, 0.1) is 0 Å². The lowest BCUT2D eigenvalue weighted by Crippen LogP contribution is -2.39. The van der Waals surface area contributed by atoms with Gasteiger partial charge in [-0.3, -0.25) is 0 Å². The van der Waals surface area contributed by atoms with E-state index in [1.807, 2.05) is 43.3 Å². The average molecular weight is 351 g/mol. The van der Waals surface area contributed by atoms with Crippen LogP contribution < -0.4 is 20.1 Å².